The maximum absolute atomic E-state index is 12.0. The Bertz CT molecular complexity index is 477. The molecule has 0 spiro atoms. The molecule has 0 saturated carbocycles. The molecule has 2 fully saturated rings. The molecular weight excluding hydrogens is 278 g/mol. The summed E-state index contributed by atoms with van der Waals surface area (Å²) in [6, 6.07) is 8.57. The zero-order chi connectivity index (χ0) is 15.2. The summed E-state index contributed by atoms with van der Waals surface area (Å²) in [6.07, 6.45) is 3.93. The maximum atomic E-state index is 12.0. The molecule has 1 aromatic carbocycles. The molecule has 2 heterocycles. The lowest BCUT2D eigenvalue weighted by atomic mass is 10.1. The number of hydrogen-bond acceptors (Lipinski definition) is 3. The standard InChI is InChI=1S/C17H25N3O2/c21-17(20-10-12-22-13-11-20)18-14-15-4-6-16(7-5-15)19-8-2-1-3-9-19/h4-7H,1-3,8-14H2,(H,18,21). The first-order valence-corrected chi connectivity index (χ1v) is 8.27. The van der Waals surface area contributed by atoms with E-state index in [0.717, 1.165) is 18.7 Å². The summed E-state index contributed by atoms with van der Waals surface area (Å²) < 4.78 is 5.26. The van der Waals surface area contributed by atoms with Crippen LogP contribution in [0.3, 0.4) is 0 Å². The van der Waals surface area contributed by atoms with E-state index in [1.165, 1.54) is 24.9 Å². The first-order chi connectivity index (χ1) is 10.8. The fraction of sp³-hybridized carbons (Fsp3) is 0.588. The monoisotopic (exact) mass is 303 g/mol. The Morgan fingerprint density at radius 1 is 1.00 bits per heavy atom. The number of nitrogens with zero attached hydrogens (tertiary/aromatic N) is 2. The molecule has 2 saturated heterocycles. The van der Waals surface area contributed by atoms with Crippen LogP contribution in [0.5, 0.6) is 0 Å². The number of carbonyl (C=O) groups excluding carboxylic acids is 1. The van der Waals surface area contributed by atoms with Crippen molar-refractivity contribution in [2.45, 2.75) is 25.8 Å². The normalized spacial score (nSPS) is 19.1. The van der Waals surface area contributed by atoms with Gasteiger partial charge in [0.25, 0.3) is 0 Å². The summed E-state index contributed by atoms with van der Waals surface area (Å²) in [6.45, 7) is 5.53. The number of carbonyl (C=O) groups is 1. The molecule has 5 nitrogen and oxygen atoms in total. The van der Waals surface area contributed by atoms with Gasteiger partial charge < -0.3 is 19.9 Å². The van der Waals surface area contributed by atoms with Gasteiger partial charge in [-0.1, -0.05) is 12.1 Å². The number of urea groups is 1. The van der Waals surface area contributed by atoms with Gasteiger partial charge in [-0.05, 0) is 37.0 Å². The van der Waals surface area contributed by atoms with Crippen molar-refractivity contribution in [3.8, 4) is 0 Å². The van der Waals surface area contributed by atoms with E-state index in [1.807, 2.05) is 4.90 Å². The molecule has 0 aliphatic carbocycles. The van der Waals surface area contributed by atoms with E-state index in [9.17, 15) is 4.79 Å². The summed E-state index contributed by atoms with van der Waals surface area (Å²) in [5, 5.41) is 2.99. The molecule has 2 aliphatic heterocycles. The zero-order valence-electron chi connectivity index (χ0n) is 13.1. The van der Waals surface area contributed by atoms with E-state index in [-0.39, 0.29) is 6.03 Å². The first-order valence-electron chi connectivity index (χ1n) is 8.27. The van der Waals surface area contributed by atoms with Gasteiger partial charge in [0.15, 0.2) is 0 Å². The third-order valence-corrected chi connectivity index (χ3v) is 4.40. The average Bonchev–Trinajstić information content (AvgIpc) is 2.61. The van der Waals surface area contributed by atoms with Crippen LogP contribution in [0.1, 0.15) is 24.8 Å². The Hall–Kier alpha value is -1.75. The molecule has 2 amide bonds. The molecule has 3 rings (SSSR count). The van der Waals surface area contributed by atoms with Gasteiger partial charge in [0, 0.05) is 38.4 Å². The van der Waals surface area contributed by atoms with Crippen LogP contribution in [0.2, 0.25) is 0 Å². The van der Waals surface area contributed by atoms with Crippen molar-refractivity contribution in [3.63, 3.8) is 0 Å². The predicted octanol–water partition coefficient (Wildman–Crippen LogP) is 2.22. The molecule has 1 N–H and O–H groups in total. The van der Waals surface area contributed by atoms with Gasteiger partial charge in [-0.15, -0.1) is 0 Å². The number of morpholine rings is 1. The minimum atomic E-state index is 0.00315. The second-order valence-electron chi connectivity index (χ2n) is 5.97. The van der Waals surface area contributed by atoms with Crippen LogP contribution in [0.15, 0.2) is 24.3 Å². The van der Waals surface area contributed by atoms with Crippen molar-refractivity contribution in [3.05, 3.63) is 29.8 Å². The summed E-state index contributed by atoms with van der Waals surface area (Å²) in [5.41, 5.74) is 2.44. The lowest BCUT2D eigenvalue weighted by Gasteiger charge is -2.29. The molecule has 120 valence electrons. The van der Waals surface area contributed by atoms with Crippen LogP contribution in [0, 0.1) is 0 Å². The van der Waals surface area contributed by atoms with Gasteiger partial charge in [-0.25, -0.2) is 4.79 Å². The molecule has 0 atom stereocenters. The lowest BCUT2D eigenvalue weighted by Crippen LogP contribution is -2.45. The highest BCUT2D eigenvalue weighted by atomic mass is 16.5. The van der Waals surface area contributed by atoms with Crippen LogP contribution in [0.25, 0.3) is 0 Å². The van der Waals surface area contributed by atoms with Gasteiger partial charge in [-0.3, -0.25) is 0 Å². The Morgan fingerprint density at radius 2 is 1.68 bits per heavy atom. The molecule has 5 heteroatoms. The fourth-order valence-corrected chi connectivity index (χ4v) is 3.03. The summed E-state index contributed by atoms with van der Waals surface area (Å²) in [7, 11) is 0. The van der Waals surface area contributed by atoms with Crippen LogP contribution < -0.4 is 10.2 Å². The second-order valence-corrected chi connectivity index (χ2v) is 5.97. The maximum Gasteiger partial charge on any atom is 0.317 e. The smallest absolute Gasteiger partial charge is 0.317 e. The molecule has 0 unspecified atom stereocenters. The number of anilines is 1. The Morgan fingerprint density at radius 3 is 2.36 bits per heavy atom. The van der Waals surface area contributed by atoms with Crippen molar-refractivity contribution < 1.29 is 9.53 Å². The SMILES string of the molecule is O=C(NCc1ccc(N2CCCCC2)cc1)N1CCOCC1. The molecule has 1 aromatic rings. The van der Waals surface area contributed by atoms with Crippen molar-refractivity contribution in [1.82, 2.24) is 10.2 Å². The fourth-order valence-electron chi connectivity index (χ4n) is 3.03. The minimum Gasteiger partial charge on any atom is -0.378 e. The van der Waals surface area contributed by atoms with Crippen LogP contribution in [0.4, 0.5) is 10.5 Å². The lowest BCUT2D eigenvalue weighted by molar-refractivity contribution is 0.0531. The quantitative estimate of drug-likeness (QED) is 0.931. The Balaban J connectivity index is 1.49. The van der Waals surface area contributed by atoms with Crippen molar-refractivity contribution in [2.24, 2.45) is 0 Å². The number of hydrogen-bond donors (Lipinski definition) is 1. The molecule has 0 radical (unpaired) electrons. The number of piperidine rings is 1. The minimum absolute atomic E-state index is 0.00315. The van der Waals surface area contributed by atoms with Crippen LogP contribution in [-0.4, -0.2) is 50.3 Å². The second kappa shape index (κ2) is 7.49. The van der Waals surface area contributed by atoms with Gasteiger partial charge in [0.1, 0.15) is 0 Å². The summed E-state index contributed by atoms with van der Waals surface area (Å²) in [5.74, 6) is 0. The average molecular weight is 303 g/mol. The number of rotatable bonds is 3. The summed E-state index contributed by atoms with van der Waals surface area (Å²) in [4.78, 5) is 16.3. The Kier molecular flexibility index (Phi) is 5.16. The van der Waals surface area contributed by atoms with E-state index in [0.29, 0.717) is 32.8 Å². The zero-order valence-corrected chi connectivity index (χ0v) is 13.1. The van der Waals surface area contributed by atoms with Crippen molar-refractivity contribution in [2.75, 3.05) is 44.3 Å². The predicted molar refractivity (Wildman–Crippen MR) is 87.1 cm³/mol. The topological polar surface area (TPSA) is 44.8 Å². The van der Waals surface area contributed by atoms with E-state index >= 15 is 0 Å². The largest absolute Gasteiger partial charge is 0.378 e. The van der Waals surface area contributed by atoms with Gasteiger partial charge in [-0.2, -0.15) is 0 Å². The highest BCUT2D eigenvalue weighted by Gasteiger charge is 2.16. The molecule has 2 aliphatic rings. The number of amides is 2. The molecule has 22 heavy (non-hydrogen) atoms. The Labute approximate surface area is 132 Å². The van der Waals surface area contributed by atoms with Gasteiger partial charge >= 0.3 is 6.03 Å². The highest BCUT2D eigenvalue weighted by Crippen LogP contribution is 2.20. The highest BCUT2D eigenvalue weighted by molar-refractivity contribution is 5.74. The third kappa shape index (κ3) is 3.91. The third-order valence-electron chi connectivity index (χ3n) is 4.40. The van der Waals surface area contributed by atoms with Gasteiger partial charge in [0.05, 0.1) is 13.2 Å². The van der Waals surface area contributed by atoms with Crippen molar-refractivity contribution >= 4 is 11.7 Å². The van der Waals surface area contributed by atoms with Gasteiger partial charge in [0.2, 0.25) is 0 Å². The van der Waals surface area contributed by atoms with Crippen LogP contribution in [-0.2, 0) is 11.3 Å². The number of ether oxygens (including phenoxy) is 1. The summed E-state index contributed by atoms with van der Waals surface area (Å²) >= 11 is 0. The number of nitrogens with one attached hydrogen (secondary N) is 1. The molecule has 0 aromatic heterocycles. The van der Waals surface area contributed by atoms with E-state index in [2.05, 4.69) is 34.5 Å². The van der Waals surface area contributed by atoms with E-state index < -0.39 is 0 Å². The van der Waals surface area contributed by atoms with Crippen molar-refractivity contribution in [1.29, 1.82) is 0 Å². The molecule has 0 bridgehead atoms. The first kappa shape index (κ1) is 15.2. The molecular formula is C17H25N3O2. The van der Waals surface area contributed by atoms with E-state index in [4.69, 9.17) is 4.74 Å². The number of benzene rings is 1. The van der Waals surface area contributed by atoms with Crippen LogP contribution >= 0.6 is 0 Å². The van der Waals surface area contributed by atoms with E-state index in [1.54, 1.807) is 0 Å².